The highest BCUT2D eigenvalue weighted by atomic mass is 14.5. The van der Waals surface area contributed by atoms with Crippen molar-refractivity contribution >= 4 is 0 Å². The Hall–Kier alpha value is -1.34. The molecule has 0 bridgehead atoms. The molecule has 0 aliphatic rings. The summed E-state index contributed by atoms with van der Waals surface area (Å²) in [5.74, 6) is 0. The summed E-state index contributed by atoms with van der Waals surface area (Å²) in [5, 5.41) is 0. The lowest BCUT2D eigenvalue weighted by Crippen LogP contribution is -1.97. The van der Waals surface area contributed by atoms with Gasteiger partial charge in [0.05, 0.1) is 0 Å². The number of allylic oxidation sites excluding steroid dienone is 10. The summed E-state index contributed by atoms with van der Waals surface area (Å²) in [5.41, 5.74) is 13.0. The molecule has 0 unspecified atom stereocenters. The van der Waals surface area contributed by atoms with E-state index in [9.17, 15) is 0 Å². The standard InChI is InChI=1S/C27H47N/c1-23(2)13-9-16-26(5)19-10-17-24(3)14-7-8-15-25(4)18-11-20-27(6)21-12-22-28/h13-15,19-20H,7-12,16-18,21-22,28H2,1-6H3. The molecular weight excluding hydrogens is 338 g/mol. The van der Waals surface area contributed by atoms with Gasteiger partial charge in [-0.3, -0.25) is 0 Å². The third-order valence-electron chi connectivity index (χ3n) is 5.08. The fraction of sp³-hybridized carbons (Fsp3) is 0.630. The normalized spacial score (nSPS) is 13.8. The van der Waals surface area contributed by atoms with E-state index in [4.69, 9.17) is 5.73 Å². The number of nitrogens with two attached hydrogens (primary N) is 1. The molecule has 0 radical (unpaired) electrons. The lowest BCUT2D eigenvalue weighted by molar-refractivity contribution is 0.814. The van der Waals surface area contributed by atoms with Crippen molar-refractivity contribution < 1.29 is 0 Å². The third-order valence-corrected chi connectivity index (χ3v) is 5.08. The maximum absolute atomic E-state index is 5.56. The first-order valence-electron chi connectivity index (χ1n) is 11.3. The summed E-state index contributed by atoms with van der Waals surface area (Å²) in [6.45, 7) is 14.2. The van der Waals surface area contributed by atoms with Gasteiger partial charge in [0.25, 0.3) is 0 Å². The van der Waals surface area contributed by atoms with Crippen LogP contribution in [-0.4, -0.2) is 6.54 Å². The van der Waals surface area contributed by atoms with E-state index in [0.29, 0.717) is 0 Å². The first-order chi connectivity index (χ1) is 13.3. The van der Waals surface area contributed by atoms with Gasteiger partial charge in [-0.05, 0) is 112 Å². The second kappa shape index (κ2) is 17.7. The first-order valence-corrected chi connectivity index (χ1v) is 11.3. The minimum Gasteiger partial charge on any atom is -0.330 e. The molecule has 0 saturated heterocycles. The molecule has 0 amide bonds. The number of hydrogen-bond donors (Lipinski definition) is 1. The zero-order valence-electron chi connectivity index (χ0n) is 19.7. The van der Waals surface area contributed by atoms with Gasteiger partial charge in [0, 0.05) is 0 Å². The van der Waals surface area contributed by atoms with E-state index >= 15 is 0 Å². The van der Waals surface area contributed by atoms with Crippen molar-refractivity contribution in [3.05, 3.63) is 58.2 Å². The van der Waals surface area contributed by atoms with E-state index in [1.165, 1.54) is 60.0 Å². The van der Waals surface area contributed by atoms with E-state index in [2.05, 4.69) is 71.9 Å². The zero-order chi connectivity index (χ0) is 21.2. The second-order valence-electron chi connectivity index (χ2n) is 8.57. The van der Waals surface area contributed by atoms with Crippen LogP contribution in [0.15, 0.2) is 58.2 Å². The van der Waals surface area contributed by atoms with Crippen molar-refractivity contribution in [1.82, 2.24) is 0 Å². The monoisotopic (exact) mass is 385 g/mol. The van der Waals surface area contributed by atoms with Crippen LogP contribution in [0, 0.1) is 0 Å². The van der Waals surface area contributed by atoms with Crippen LogP contribution in [0.4, 0.5) is 0 Å². The molecule has 160 valence electrons. The summed E-state index contributed by atoms with van der Waals surface area (Å²) in [6.07, 6.45) is 23.6. The smallest absolute Gasteiger partial charge is 0.00742 e. The molecule has 0 fully saturated rings. The molecule has 0 atom stereocenters. The van der Waals surface area contributed by atoms with Gasteiger partial charge in [-0.2, -0.15) is 0 Å². The molecular formula is C27H47N. The van der Waals surface area contributed by atoms with Crippen molar-refractivity contribution in [2.45, 2.75) is 106 Å². The molecule has 28 heavy (non-hydrogen) atoms. The van der Waals surface area contributed by atoms with Crippen LogP contribution >= 0.6 is 0 Å². The molecule has 0 aliphatic carbocycles. The van der Waals surface area contributed by atoms with Crippen LogP contribution in [0.3, 0.4) is 0 Å². The van der Waals surface area contributed by atoms with E-state index < -0.39 is 0 Å². The number of hydrogen-bond acceptors (Lipinski definition) is 1. The fourth-order valence-electron chi connectivity index (χ4n) is 3.13. The van der Waals surface area contributed by atoms with E-state index in [0.717, 1.165) is 38.6 Å². The molecule has 0 saturated carbocycles. The van der Waals surface area contributed by atoms with Crippen molar-refractivity contribution in [2.24, 2.45) is 5.73 Å². The Balaban J connectivity index is 4.00. The minimum absolute atomic E-state index is 0.795. The van der Waals surface area contributed by atoms with Gasteiger partial charge in [-0.25, -0.2) is 0 Å². The van der Waals surface area contributed by atoms with Crippen molar-refractivity contribution in [2.75, 3.05) is 6.54 Å². The quantitative estimate of drug-likeness (QED) is 0.221. The molecule has 0 spiro atoms. The zero-order valence-corrected chi connectivity index (χ0v) is 19.7. The summed E-state index contributed by atoms with van der Waals surface area (Å²) in [6, 6.07) is 0. The van der Waals surface area contributed by atoms with Crippen LogP contribution in [0.1, 0.15) is 106 Å². The second-order valence-corrected chi connectivity index (χ2v) is 8.57. The fourth-order valence-corrected chi connectivity index (χ4v) is 3.13. The maximum Gasteiger partial charge on any atom is -0.00742 e. The lowest BCUT2D eigenvalue weighted by Gasteiger charge is -2.02. The number of rotatable bonds is 15. The van der Waals surface area contributed by atoms with Gasteiger partial charge in [-0.1, -0.05) is 58.2 Å². The summed E-state index contributed by atoms with van der Waals surface area (Å²) in [7, 11) is 0. The molecule has 0 rings (SSSR count). The van der Waals surface area contributed by atoms with Gasteiger partial charge in [0.2, 0.25) is 0 Å². The first kappa shape index (κ1) is 26.7. The van der Waals surface area contributed by atoms with E-state index in [1.54, 1.807) is 0 Å². The van der Waals surface area contributed by atoms with Gasteiger partial charge in [0.1, 0.15) is 0 Å². The molecule has 0 aromatic carbocycles. The van der Waals surface area contributed by atoms with Gasteiger partial charge < -0.3 is 5.73 Å². The molecule has 0 heterocycles. The Morgan fingerprint density at radius 2 is 0.857 bits per heavy atom. The van der Waals surface area contributed by atoms with Crippen LogP contribution in [0.2, 0.25) is 0 Å². The molecule has 0 aromatic rings. The van der Waals surface area contributed by atoms with Crippen molar-refractivity contribution in [3.63, 3.8) is 0 Å². The van der Waals surface area contributed by atoms with Gasteiger partial charge in [-0.15, -0.1) is 0 Å². The average molecular weight is 386 g/mol. The SMILES string of the molecule is CC(C)=CCCC(C)=CCCC(C)=CCCC=C(C)CCC=C(C)CCCN. The molecule has 2 N–H and O–H groups in total. The van der Waals surface area contributed by atoms with Crippen LogP contribution in [-0.2, 0) is 0 Å². The van der Waals surface area contributed by atoms with Crippen molar-refractivity contribution in [3.8, 4) is 0 Å². The predicted octanol–water partition coefficient (Wildman–Crippen LogP) is 8.60. The highest BCUT2D eigenvalue weighted by Gasteiger charge is 1.94. The van der Waals surface area contributed by atoms with Crippen molar-refractivity contribution in [1.29, 1.82) is 0 Å². The molecule has 1 nitrogen and oxygen atoms in total. The maximum atomic E-state index is 5.56. The highest BCUT2D eigenvalue weighted by molar-refractivity contribution is 5.07. The van der Waals surface area contributed by atoms with E-state index in [1.807, 2.05) is 0 Å². The van der Waals surface area contributed by atoms with Crippen LogP contribution in [0.5, 0.6) is 0 Å². The van der Waals surface area contributed by atoms with Crippen LogP contribution < -0.4 is 5.73 Å². The topological polar surface area (TPSA) is 26.0 Å². The van der Waals surface area contributed by atoms with E-state index in [-0.39, 0.29) is 0 Å². The average Bonchev–Trinajstić information content (AvgIpc) is 2.63. The Morgan fingerprint density at radius 3 is 1.25 bits per heavy atom. The highest BCUT2D eigenvalue weighted by Crippen LogP contribution is 2.14. The van der Waals surface area contributed by atoms with Gasteiger partial charge in [0.15, 0.2) is 0 Å². The Labute approximate surface area is 176 Å². The van der Waals surface area contributed by atoms with Crippen LogP contribution in [0.25, 0.3) is 0 Å². The Bertz CT molecular complexity index is 551. The number of unbranched alkanes of at least 4 members (excludes halogenated alkanes) is 1. The Kier molecular flexibility index (Phi) is 16.9. The summed E-state index contributed by atoms with van der Waals surface area (Å²) >= 11 is 0. The summed E-state index contributed by atoms with van der Waals surface area (Å²) < 4.78 is 0. The molecule has 0 aliphatic heterocycles. The third kappa shape index (κ3) is 18.0. The predicted molar refractivity (Wildman–Crippen MR) is 130 cm³/mol. The minimum atomic E-state index is 0.795. The molecule has 0 aromatic heterocycles. The largest absolute Gasteiger partial charge is 0.330 e. The Morgan fingerprint density at radius 1 is 0.500 bits per heavy atom. The summed E-state index contributed by atoms with van der Waals surface area (Å²) in [4.78, 5) is 0. The van der Waals surface area contributed by atoms with Gasteiger partial charge >= 0.3 is 0 Å². The molecule has 1 heteroatoms. The lowest BCUT2D eigenvalue weighted by atomic mass is 10.0.